The molecule has 410 valence electrons. The molecular formula is C43H40N24O13. The van der Waals surface area contributed by atoms with E-state index in [1.807, 2.05) is 0 Å². The third kappa shape index (κ3) is 3.93. The third-order valence-corrected chi connectivity index (χ3v) is 20.7. The first-order valence-corrected chi connectivity index (χ1v) is 26.4. The first-order chi connectivity index (χ1) is 38.7. The number of amides is 24. The molecule has 20 aliphatic heterocycles. The summed E-state index contributed by atoms with van der Waals surface area (Å²) < 4.78 is 6.99. The number of urea groups is 12. The van der Waals surface area contributed by atoms with Crippen molar-refractivity contribution >= 4 is 72.4 Å². The molecule has 1 aromatic rings. The molecule has 0 spiro atoms. The molecule has 37 nitrogen and oxygen atoms in total. The molecule has 37 heteroatoms. The van der Waals surface area contributed by atoms with Gasteiger partial charge in [-0.3, -0.25) is 118 Å². The summed E-state index contributed by atoms with van der Waals surface area (Å²) in [6.45, 7) is -5.40. The van der Waals surface area contributed by atoms with E-state index in [4.69, 9.17) is 4.74 Å². The van der Waals surface area contributed by atoms with Gasteiger partial charge in [0.15, 0.2) is 86.4 Å². The topological polar surface area (TPSA) is 292 Å². The average molecular weight is 1100 g/mol. The van der Waals surface area contributed by atoms with Gasteiger partial charge in [0.25, 0.3) is 0 Å². The van der Waals surface area contributed by atoms with Crippen LogP contribution in [0.4, 0.5) is 57.5 Å². The van der Waals surface area contributed by atoms with Crippen molar-refractivity contribution in [2.45, 2.75) is 86.4 Å². The Labute approximate surface area is 446 Å². The lowest BCUT2D eigenvalue weighted by molar-refractivity contribution is -0.153. The number of benzene rings is 1. The third-order valence-electron chi connectivity index (χ3n) is 20.7. The smallest absolute Gasteiger partial charge is 0.326 e. The van der Waals surface area contributed by atoms with Gasteiger partial charge in [-0.05, 0) is 0 Å². The van der Waals surface area contributed by atoms with Crippen molar-refractivity contribution < 1.29 is 62.3 Å². The van der Waals surface area contributed by atoms with E-state index in [9.17, 15) is 0 Å². The molecule has 1 aromatic carbocycles. The highest BCUT2D eigenvalue weighted by Crippen LogP contribution is 2.56. The Bertz CT molecular complexity index is 3250. The maximum atomic E-state index is 15.7. The van der Waals surface area contributed by atoms with Crippen LogP contribution in [0.2, 0.25) is 0 Å². The molecular weight excluding hydrogens is 1060 g/mol. The molecule has 14 bridgehead atoms. The van der Waals surface area contributed by atoms with Crippen LogP contribution in [-0.4, -0.2) is 337 Å². The molecule has 14 unspecified atom stereocenters. The van der Waals surface area contributed by atoms with Gasteiger partial charge >= 0.3 is 72.4 Å². The van der Waals surface area contributed by atoms with E-state index in [0.717, 1.165) is 0 Å². The van der Waals surface area contributed by atoms with E-state index < -0.39 is 232 Å². The molecule has 0 saturated carbocycles. The highest BCUT2D eigenvalue weighted by atomic mass is 16.5. The number of carbonyl (C=O) groups is 12. The molecule has 20 aliphatic rings. The van der Waals surface area contributed by atoms with Crippen molar-refractivity contribution in [2.75, 3.05) is 73.4 Å². The largest absolute Gasteiger partial charge is 0.327 e. The molecule has 80 heavy (non-hydrogen) atoms. The van der Waals surface area contributed by atoms with E-state index in [0.29, 0.717) is 11.1 Å². The van der Waals surface area contributed by atoms with Crippen LogP contribution in [0, 0.1) is 0 Å². The molecule has 14 atom stereocenters. The quantitative estimate of drug-likeness (QED) is 0.241. The van der Waals surface area contributed by atoms with Crippen LogP contribution in [0.3, 0.4) is 0 Å². The molecule has 19 fully saturated rings. The van der Waals surface area contributed by atoms with E-state index in [-0.39, 0.29) is 0 Å². The number of fused-ring (bicyclic) bond motifs is 7. The highest BCUT2D eigenvalue weighted by molar-refractivity contribution is 5.95. The van der Waals surface area contributed by atoms with E-state index in [1.165, 1.54) is 118 Å². The van der Waals surface area contributed by atoms with Gasteiger partial charge < -0.3 is 4.74 Å². The fourth-order valence-corrected chi connectivity index (χ4v) is 17.6. The van der Waals surface area contributed by atoms with Crippen LogP contribution in [0.5, 0.6) is 0 Å². The Hall–Kier alpha value is -9.58. The van der Waals surface area contributed by atoms with Gasteiger partial charge in [0.1, 0.15) is 73.4 Å². The monoisotopic (exact) mass is 1100 g/mol. The summed E-state index contributed by atoms with van der Waals surface area (Å²) in [6.07, 6.45) is -17.1. The Morgan fingerprint density at radius 3 is 0.562 bits per heavy atom. The number of carbonyl (C=O) groups excluding carboxylic acids is 12. The van der Waals surface area contributed by atoms with E-state index in [1.54, 1.807) is 24.3 Å². The van der Waals surface area contributed by atoms with Gasteiger partial charge in [-0.25, -0.2) is 57.5 Å². The summed E-state index contributed by atoms with van der Waals surface area (Å²) in [5.41, 5.74) is 0.925. The Morgan fingerprint density at radius 1 is 0.225 bits per heavy atom. The summed E-state index contributed by atoms with van der Waals surface area (Å²) in [5, 5.41) is 0. The van der Waals surface area contributed by atoms with Gasteiger partial charge in [0, 0.05) is 11.1 Å². The van der Waals surface area contributed by atoms with Gasteiger partial charge in [-0.1, -0.05) is 24.3 Å². The SMILES string of the molecule is O=C1N2CN3C(=O)N4CN5C(=O)N6CN7C(=O)N8CN9C(=O)N%10CN%11C(=O)N%12CN1C1C2N2CN%13C(=O)N(CN%14C(=O)N(CN%15C(=O)N(C%16OC(c%17ccccc%17%16)N%16C(=O)N(CN%17C(=O)N(CN1C2=O)C%12C%11%17)C%10C9%16)C8C7%15)C6C5%14)C4C3%13. The van der Waals surface area contributed by atoms with Crippen molar-refractivity contribution in [3.63, 3.8) is 0 Å². The average Bonchev–Trinajstić information content (AvgIpc) is 2.88. The number of hydrogen-bond acceptors (Lipinski definition) is 13. The standard InChI is InChI=1S/C43H40N24O13/c68-32-44-5-45-19-21-49(33(45)69)8-53-23-25-57(37(53)73)12-61-27-29-65(41(61)77)15-64-28-26-60(40(64)76)11-56-24-22-52(36(56)72)7-48(32)20-18(44)46-6-47(19)35(71)51(21)10-55(23)39(75)59(25)14-63(27)43(79)67(29)31-17-4-2-1-3-16(17)30(80-31)66(28)42(78)62(26)13-58(24)38(74)54(22)9-50(20)34(46)70/h1-4,18-31H,5-15H2. The normalized spacial score (nSPS) is 39.9. The second-order valence-electron chi connectivity index (χ2n) is 23.5. The van der Waals surface area contributed by atoms with Crippen molar-refractivity contribution in [3.05, 3.63) is 35.4 Å². The maximum absolute atomic E-state index is 15.7. The highest BCUT2D eigenvalue weighted by Gasteiger charge is 2.76. The predicted octanol–water partition coefficient (Wildman–Crippen LogP) is -3.89. The zero-order valence-corrected chi connectivity index (χ0v) is 41.2. The summed E-state index contributed by atoms with van der Waals surface area (Å²) >= 11 is 0. The van der Waals surface area contributed by atoms with Crippen LogP contribution in [-0.2, 0) is 4.74 Å². The van der Waals surface area contributed by atoms with Crippen LogP contribution in [0.15, 0.2) is 24.3 Å². The minimum absolute atomic E-state index is 0.462. The lowest BCUT2D eigenvalue weighted by Crippen LogP contribution is -2.63. The molecule has 0 aliphatic carbocycles. The Balaban J connectivity index is 0.800. The van der Waals surface area contributed by atoms with Crippen LogP contribution in [0.1, 0.15) is 23.6 Å². The summed E-state index contributed by atoms with van der Waals surface area (Å²) in [4.78, 5) is 218. The van der Waals surface area contributed by atoms with E-state index >= 15 is 57.5 Å². The van der Waals surface area contributed by atoms with Gasteiger partial charge in [0.2, 0.25) is 0 Å². The predicted molar refractivity (Wildman–Crippen MR) is 241 cm³/mol. The first kappa shape index (κ1) is 41.5. The number of hydrogen-bond donors (Lipinski definition) is 0. The van der Waals surface area contributed by atoms with Crippen LogP contribution in [0.25, 0.3) is 0 Å². The van der Waals surface area contributed by atoms with Crippen LogP contribution >= 0.6 is 0 Å². The molecule has 21 rings (SSSR count). The molecule has 0 aromatic heterocycles. The lowest BCUT2D eigenvalue weighted by Gasteiger charge is -2.42. The van der Waals surface area contributed by atoms with Crippen LogP contribution < -0.4 is 0 Å². The zero-order chi connectivity index (χ0) is 53.3. The molecule has 0 radical (unpaired) electrons. The zero-order valence-electron chi connectivity index (χ0n) is 41.2. The summed E-state index contributed by atoms with van der Waals surface area (Å²) in [6, 6.07) is -1.25. The van der Waals surface area contributed by atoms with Gasteiger partial charge in [0.05, 0.1) is 0 Å². The maximum Gasteiger partial charge on any atom is 0.327 e. The number of rotatable bonds is 0. The lowest BCUT2D eigenvalue weighted by atomic mass is 10.1. The molecule has 24 amide bonds. The molecule has 0 N–H and O–H groups in total. The minimum Gasteiger partial charge on any atom is -0.326 e. The summed E-state index contributed by atoms with van der Waals surface area (Å²) in [5.74, 6) is 0. The number of ether oxygens (including phenoxy) is 1. The molecule has 19 saturated heterocycles. The fraction of sp³-hybridized carbons (Fsp3) is 0.581. The first-order valence-electron chi connectivity index (χ1n) is 26.4. The van der Waals surface area contributed by atoms with Crippen molar-refractivity contribution in [1.29, 1.82) is 0 Å². The van der Waals surface area contributed by atoms with Crippen molar-refractivity contribution in [3.8, 4) is 0 Å². The fourth-order valence-electron chi connectivity index (χ4n) is 17.6. The Kier molecular flexibility index (Phi) is 6.39. The van der Waals surface area contributed by atoms with Crippen molar-refractivity contribution in [1.82, 2.24) is 118 Å². The summed E-state index contributed by atoms with van der Waals surface area (Å²) in [7, 11) is 0. The Morgan fingerprint density at radius 2 is 0.375 bits per heavy atom. The second kappa shape index (κ2) is 12.3. The van der Waals surface area contributed by atoms with Gasteiger partial charge in [-0.15, -0.1) is 0 Å². The second-order valence-corrected chi connectivity index (χ2v) is 23.5. The van der Waals surface area contributed by atoms with Crippen molar-refractivity contribution in [2.24, 2.45) is 0 Å². The number of nitrogens with zero attached hydrogens (tertiary/aromatic N) is 24. The molecule has 20 heterocycles. The minimum atomic E-state index is -1.28. The van der Waals surface area contributed by atoms with Gasteiger partial charge in [-0.2, -0.15) is 0 Å². The van der Waals surface area contributed by atoms with E-state index in [2.05, 4.69) is 0 Å².